The first kappa shape index (κ1) is 13.8. The van der Waals surface area contributed by atoms with E-state index in [2.05, 4.69) is 17.2 Å². The maximum absolute atomic E-state index is 11.5. The second-order valence-electron chi connectivity index (χ2n) is 3.84. The van der Waals surface area contributed by atoms with Crippen molar-refractivity contribution in [2.24, 2.45) is 0 Å². The Kier molecular flexibility index (Phi) is 5.77. The lowest BCUT2D eigenvalue weighted by atomic mass is 10.2. The lowest BCUT2D eigenvalue weighted by Crippen LogP contribution is -2.35. The summed E-state index contributed by atoms with van der Waals surface area (Å²) in [7, 11) is 0. The summed E-state index contributed by atoms with van der Waals surface area (Å²) in [5, 5.41) is 3.11. The summed E-state index contributed by atoms with van der Waals surface area (Å²) < 4.78 is 5.27. The molecule has 0 aliphatic rings. The average Bonchev–Trinajstić information content (AvgIpc) is 2.28. The van der Waals surface area contributed by atoms with Gasteiger partial charge in [0.05, 0.1) is 0 Å². The maximum atomic E-state index is 11.5. The van der Waals surface area contributed by atoms with E-state index in [0.29, 0.717) is 5.75 Å². The number of pyridine rings is 1. The number of rotatable bonds is 6. The van der Waals surface area contributed by atoms with E-state index in [4.69, 9.17) is 16.3 Å². The summed E-state index contributed by atoms with van der Waals surface area (Å²) in [5.74, 6) is 0.276. The molecule has 1 heterocycles. The van der Waals surface area contributed by atoms with Crippen molar-refractivity contribution >= 4 is 17.5 Å². The van der Waals surface area contributed by atoms with Gasteiger partial charge in [-0.25, -0.2) is 4.98 Å². The molecule has 1 rings (SSSR count). The molecule has 1 unspecified atom stereocenters. The van der Waals surface area contributed by atoms with E-state index in [-0.39, 0.29) is 23.7 Å². The van der Waals surface area contributed by atoms with E-state index < -0.39 is 0 Å². The molecule has 0 aromatic carbocycles. The van der Waals surface area contributed by atoms with E-state index in [0.717, 1.165) is 12.8 Å². The molecule has 1 atom stereocenters. The van der Waals surface area contributed by atoms with Crippen molar-refractivity contribution in [3.63, 3.8) is 0 Å². The second-order valence-corrected chi connectivity index (χ2v) is 4.20. The number of hydrogen-bond acceptors (Lipinski definition) is 3. The van der Waals surface area contributed by atoms with Crippen molar-refractivity contribution in [3.05, 3.63) is 23.5 Å². The number of aromatic nitrogens is 1. The van der Waals surface area contributed by atoms with E-state index in [1.54, 1.807) is 18.3 Å². The fourth-order valence-corrected chi connectivity index (χ4v) is 1.62. The third-order valence-electron chi connectivity index (χ3n) is 2.21. The number of hydrogen-bond donors (Lipinski definition) is 1. The van der Waals surface area contributed by atoms with Crippen LogP contribution in [0.3, 0.4) is 0 Å². The third-order valence-corrected chi connectivity index (χ3v) is 2.50. The van der Waals surface area contributed by atoms with Gasteiger partial charge in [-0.3, -0.25) is 4.79 Å². The number of ether oxygens (including phenoxy) is 1. The maximum Gasteiger partial charge on any atom is 0.258 e. The van der Waals surface area contributed by atoms with Crippen molar-refractivity contribution in [1.29, 1.82) is 0 Å². The van der Waals surface area contributed by atoms with Gasteiger partial charge in [-0.05, 0) is 25.5 Å². The zero-order valence-electron chi connectivity index (χ0n) is 10.1. The summed E-state index contributed by atoms with van der Waals surface area (Å²) >= 11 is 5.80. The second kappa shape index (κ2) is 7.12. The van der Waals surface area contributed by atoms with Crippen LogP contribution in [0.5, 0.6) is 5.75 Å². The summed E-state index contributed by atoms with van der Waals surface area (Å²) in [5.41, 5.74) is 0. The fraction of sp³-hybridized carbons (Fsp3) is 0.500. The van der Waals surface area contributed by atoms with Crippen molar-refractivity contribution in [2.75, 3.05) is 6.61 Å². The predicted octanol–water partition coefficient (Wildman–Crippen LogP) is 2.42. The number of nitrogens with zero attached hydrogens (tertiary/aromatic N) is 1. The molecule has 1 N–H and O–H groups in total. The monoisotopic (exact) mass is 256 g/mol. The van der Waals surface area contributed by atoms with Crippen molar-refractivity contribution < 1.29 is 9.53 Å². The van der Waals surface area contributed by atoms with Crippen LogP contribution in [0, 0.1) is 0 Å². The molecular formula is C12H17ClN2O2. The van der Waals surface area contributed by atoms with Gasteiger partial charge in [0.2, 0.25) is 0 Å². The van der Waals surface area contributed by atoms with Crippen LogP contribution < -0.4 is 10.1 Å². The molecule has 0 aliphatic carbocycles. The van der Waals surface area contributed by atoms with Crippen LogP contribution in [-0.2, 0) is 4.79 Å². The molecule has 4 nitrogen and oxygen atoms in total. The molecule has 0 spiro atoms. The van der Waals surface area contributed by atoms with Crippen LogP contribution in [0.15, 0.2) is 18.3 Å². The van der Waals surface area contributed by atoms with Gasteiger partial charge in [0.25, 0.3) is 5.91 Å². The van der Waals surface area contributed by atoms with E-state index in [9.17, 15) is 4.79 Å². The van der Waals surface area contributed by atoms with Gasteiger partial charge in [-0.2, -0.15) is 0 Å². The van der Waals surface area contributed by atoms with Crippen LogP contribution >= 0.6 is 11.6 Å². The summed E-state index contributed by atoms with van der Waals surface area (Å²) in [4.78, 5) is 15.4. The minimum absolute atomic E-state index is 0.0422. The Morgan fingerprint density at radius 1 is 1.65 bits per heavy atom. The topological polar surface area (TPSA) is 51.2 Å². The molecule has 1 aromatic rings. The number of nitrogens with one attached hydrogen (secondary N) is 1. The van der Waals surface area contributed by atoms with Gasteiger partial charge in [0.1, 0.15) is 0 Å². The molecule has 0 saturated carbocycles. The molecular weight excluding hydrogens is 240 g/mol. The first-order valence-electron chi connectivity index (χ1n) is 5.66. The zero-order valence-corrected chi connectivity index (χ0v) is 10.8. The van der Waals surface area contributed by atoms with Crippen molar-refractivity contribution in [1.82, 2.24) is 10.3 Å². The molecule has 0 bridgehead atoms. The highest BCUT2D eigenvalue weighted by atomic mass is 35.5. The van der Waals surface area contributed by atoms with Gasteiger partial charge in [0, 0.05) is 12.2 Å². The molecule has 1 aromatic heterocycles. The normalized spacial score (nSPS) is 11.9. The number of halogens is 1. The first-order chi connectivity index (χ1) is 8.13. The lowest BCUT2D eigenvalue weighted by Gasteiger charge is -2.13. The van der Waals surface area contributed by atoms with Gasteiger partial charge in [-0.1, -0.05) is 24.9 Å². The van der Waals surface area contributed by atoms with Gasteiger partial charge < -0.3 is 10.1 Å². The zero-order chi connectivity index (χ0) is 12.7. The largest absolute Gasteiger partial charge is 0.481 e. The lowest BCUT2D eigenvalue weighted by molar-refractivity contribution is -0.123. The number of amides is 1. The summed E-state index contributed by atoms with van der Waals surface area (Å²) in [6.07, 6.45) is 3.56. The first-order valence-corrected chi connectivity index (χ1v) is 6.04. The molecule has 0 radical (unpaired) electrons. The Morgan fingerprint density at radius 3 is 3.06 bits per heavy atom. The average molecular weight is 257 g/mol. The highest BCUT2D eigenvalue weighted by molar-refractivity contribution is 6.30. The Morgan fingerprint density at radius 2 is 2.41 bits per heavy atom. The Labute approximate surface area is 106 Å². The minimum atomic E-state index is -0.147. The van der Waals surface area contributed by atoms with Crippen molar-refractivity contribution in [3.8, 4) is 5.75 Å². The Hall–Kier alpha value is -1.29. The van der Waals surface area contributed by atoms with Crippen LogP contribution in [0.1, 0.15) is 26.7 Å². The quantitative estimate of drug-likeness (QED) is 0.796. The molecule has 0 aliphatic heterocycles. The third kappa shape index (κ3) is 5.04. The summed E-state index contributed by atoms with van der Waals surface area (Å²) in [6, 6.07) is 3.55. The molecule has 94 valence electrons. The SMILES string of the molecule is CCCC(C)NC(=O)COc1cccnc1Cl. The van der Waals surface area contributed by atoms with Crippen LogP contribution in [0.4, 0.5) is 0 Å². The Balaban J connectivity index is 2.36. The van der Waals surface area contributed by atoms with Gasteiger partial charge in [-0.15, -0.1) is 0 Å². The molecule has 1 amide bonds. The minimum Gasteiger partial charge on any atom is -0.481 e. The highest BCUT2D eigenvalue weighted by Crippen LogP contribution is 2.19. The summed E-state index contributed by atoms with van der Waals surface area (Å²) in [6.45, 7) is 4.01. The molecule has 0 fully saturated rings. The number of carbonyl (C=O) groups excluding carboxylic acids is 1. The highest BCUT2D eigenvalue weighted by Gasteiger charge is 2.08. The van der Waals surface area contributed by atoms with Crippen LogP contribution in [-0.4, -0.2) is 23.5 Å². The standard InChI is InChI=1S/C12H17ClN2O2/c1-3-5-9(2)15-11(16)8-17-10-6-4-7-14-12(10)13/h4,6-7,9H,3,5,8H2,1-2H3,(H,15,16). The fourth-order valence-electron chi connectivity index (χ4n) is 1.44. The number of carbonyl (C=O) groups is 1. The predicted molar refractivity (Wildman–Crippen MR) is 67.3 cm³/mol. The molecule has 0 saturated heterocycles. The van der Waals surface area contributed by atoms with E-state index >= 15 is 0 Å². The van der Waals surface area contributed by atoms with Crippen LogP contribution in [0.2, 0.25) is 5.15 Å². The van der Waals surface area contributed by atoms with E-state index in [1.165, 1.54) is 0 Å². The smallest absolute Gasteiger partial charge is 0.258 e. The van der Waals surface area contributed by atoms with Gasteiger partial charge in [0.15, 0.2) is 17.5 Å². The van der Waals surface area contributed by atoms with Crippen molar-refractivity contribution in [2.45, 2.75) is 32.7 Å². The molecule has 17 heavy (non-hydrogen) atoms. The van der Waals surface area contributed by atoms with Gasteiger partial charge >= 0.3 is 0 Å². The molecule has 5 heteroatoms. The van der Waals surface area contributed by atoms with Crippen LogP contribution in [0.25, 0.3) is 0 Å². The Bertz CT molecular complexity index is 371. The van der Waals surface area contributed by atoms with E-state index in [1.807, 2.05) is 6.92 Å².